The second-order valence-corrected chi connectivity index (χ2v) is 5.09. The van der Waals surface area contributed by atoms with E-state index < -0.39 is 11.7 Å². The van der Waals surface area contributed by atoms with Gasteiger partial charge >= 0.3 is 6.09 Å². The summed E-state index contributed by atoms with van der Waals surface area (Å²) in [5, 5.41) is 3.43. The molecule has 1 N–H and O–H groups in total. The Morgan fingerprint density at radius 2 is 1.94 bits per heavy atom. The third-order valence-corrected chi connectivity index (χ3v) is 2.11. The van der Waals surface area contributed by atoms with Crippen molar-refractivity contribution in [2.45, 2.75) is 26.4 Å². The Hall–Kier alpha value is -0.930. The van der Waals surface area contributed by atoms with Crippen LogP contribution in [0.3, 0.4) is 0 Å². The number of nitrogens with one attached hydrogen (secondary N) is 1. The first kappa shape index (κ1) is 13.1. The van der Waals surface area contributed by atoms with Crippen molar-refractivity contribution in [1.29, 1.82) is 0 Å². The van der Waals surface area contributed by atoms with Crippen LogP contribution in [-0.4, -0.2) is 11.7 Å². The summed E-state index contributed by atoms with van der Waals surface area (Å²) < 4.78 is 5.09. The summed E-state index contributed by atoms with van der Waals surface area (Å²) in [6, 6.07) is 4.81. The Morgan fingerprint density at radius 1 is 1.31 bits per heavy atom. The van der Waals surface area contributed by atoms with Crippen molar-refractivity contribution >= 4 is 35.0 Å². The summed E-state index contributed by atoms with van der Waals surface area (Å²) in [5.41, 5.74) is -0.0662. The van der Waals surface area contributed by atoms with Crippen LogP contribution in [-0.2, 0) is 4.74 Å². The molecule has 0 radical (unpaired) electrons. The number of hydrogen-bond acceptors (Lipinski definition) is 2. The fraction of sp³-hybridized carbons (Fsp3) is 0.364. The highest BCUT2D eigenvalue weighted by Gasteiger charge is 2.16. The molecule has 0 heterocycles. The van der Waals surface area contributed by atoms with E-state index in [-0.39, 0.29) is 0 Å². The number of amides is 1. The molecule has 0 bridgehead atoms. The third kappa shape index (κ3) is 4.29. The molecular formula is C11H13Cl2NO2. The van der Waals surface area contributed by atoms with Crippen LogP contribution in [0.5, 0.6) is 0 Å². The maximum atomic E-state index is 11.4. The molecule has 88 valence electrons. The molecule has 0 saturated carbocycles. The summed E-state index contributed by atoms with van der Waals surface area (Å²) in [4.78, 5) is 11.4. The minimum atomic E-state index is -0.545. The molecule has 0 fully saturated rings. The van der Waals surface area contributed by atoms with Gasteiger partial charge in [0, 0.05) is 5.02 Å². The quantitative estimate of drug-likeness (QED) is 0.817. The summed E-state index contributed by atoms with van der Waals surface area (Å²) in [5.74, 6) is 0. The predicted molar refractivity (Wildman–Crippen MR) is 66.3 cm³/mol. The molecule has 1 amide bonds. The van der Waals surface area contributed by atoms with Gasteiger partial charge in [0.1, 0.15) is 5.60 Å². The van der Waals surface area contributed by atoms with E-state index in [1.165, 1.54) is 0 Å². The van der Waals surface area contributed by atoms with Gasteiger partial charge in [0.05, 0.1) is 10.7 Å². The van der Waals surface area contributed by atoms with Gasteiger partial charge in [-0.2, -0.15) is 0 Å². The van der Waals surface area contributed by atoms with Crippen molar-refractivity contribution in [3.05, 3.63) is 28.2 Å². The van der Waals surface area contributed by atoms with Crippen LogP contribution in [0.15, 0.2) is 18.2 Å². The molecule has 1 aromatic rings. The standard InChI is InChI=1S/C11H13Cl2NO2/c1-11(2,3)16-10(15)14-9-5-4-7(12)6-8(9)13/h4-6H,1-3H3,(H,14,15). The van der Waals surface area contributed by atoms with E-state index in [9.17, 15) is 4.79 Å². The molecule has 0 unspecified atom stereocenters. The van der Waals surface area contributed by atoms with E-state index >= 15 is 0 Å². The van der Waals surface area contributed by atoms with Crippen LogP contribution >= 0.6 is 23.2 Å². The lowest BCUT2D eigenvalue weighted by Gasteiger charge is -2.19. The molecule has 0 aliphatic heterocycles. The van der Waals surface area contributed by atoms with Crippen LogP contribution in [0, 0.1) is 0 Å². The van der Waals surface area contributed by atoms with Crippen LogP contribution in [0.25, 0.3) is 0 Å². The lowest BCUT2D eigenvalue weighted by atomic mass is 10.2. The fourth-order valence-electron chi connectivity index (χ4n) is 1.00. The number of ether oxygens (including phenoxy) is 1. The Labute approximate surface area is 105 Å². The number of halogens is 2. The topological polar surface area (TPSA) is 38.3 Å². The van der Waals surface area contributed by atoms with Gasteiger partial charge in [-0.3, -0.25) is 5.32 Å². The van der Waals surface area contributed by atoms with Gasteiger partial charge in [-0.1, -0.05) is 23.2 Å². The van der Waals surface area contributed by atoms with Gasteiger partial charge in [-0.15, -0.1) is 0 Å². The van der Waals surface area contributed by atoms with Crippen LogP contribution in [0.1, 0.15) is 20.8 Å². The van der Waals surface area contributed by atoms with Crippen molar-refractivity contribution < 1.29 is 9.53 Å². The second-order valence-electron chi connectivity index (χ2n) is 4.25. The molecule has 0 spiro atoms. The third-order valence-electron chi connectivity index (χ3n) is 1.57. The first-order valence-electron chi connectivity index (χ1n) is 4.73. The van der Waals surface area contributed by atoms with Gasteiger partial charge in [0.15, 0.2) is 0 Å². The van der Waals surface area contributed by atoms with Crippen molar-refractivity contribution in [2.75, 3.05) is 5.32 Å². The van der Waals surface area contributed by atoms with Crippen LogP contribution in [0.4, 0.5) is 10.5 Å². The smallest absolute Gasteiger partial charge is 0.412 e. The molecule has 0 saturated heterocycles. The molecule has 0 atom stereocenters. The molecular weight excluding hydrogens is 249 g/mol. The highest BCUT2D eigenvalue weighted by atomic mass is 35.5. The Kier molecular flexibility index (Phi) is 4.05. The zero-order chi connectivity index (χ0) is 12.3. The highest BCUT2D eigenvalue weighted by molar-refractivity contribution is 6.36. The molecule has 16 heavy (non-hydrogen) atoms. The molecule has 0 aliphatic carbocycles. The molecule has 1 rings (SSSR count). The number of carbonyl (C=O) groups excluding carboxylic acids is 1. The van der Waals surface area contributed by atoms with Gasteiger partial charge in [-0.25, -0.2) is 4.79 Å². The number of anilines is 1. The largest absolute Gasteiger partial charge is 0.444 e. The first-order chi connectivity index (χ1) is 7.28. The summed E-state index contributed by atoms with van der Waals surface area (Å²) in [7, 11) is 0. The minimum absolute atomic E-state index is 0.373. The average Bonchev–Trinajstić information content (AvgIpc) is 2.06. The molecule has 1 aromatic carbocycles. The SMILES string of the molecule is CC(C)(C)OC(=O)Nc1ccc(Cl)cc1Cl. The lowest BCUT2D eigenvalue weighted by Crippen LogP contribution is -2.27. The number of benzene rings is 1. The number of hydrogen-bond donors (Lipinski definition) is 1. The first-order valence-corrected chi connectivity index (χ1v) is 5.48. The van der Waals surface area contributed by atoms with Crippen molar-refractivity contribution in [1.82, 2.24) is 0 Å². The summed E-state index contributed by atoms with van der Waals surface area (Å²) in [6.07, 6.45) is -0.545. The van der Waals surface area contributed by atoms with E-state index in [0.29, 0.717) is 15.7 Å². The molecule has 5 heteroatoms. The van der Waals surface area contributed by atoms with Crippen LogP contribution in [0.2, 0.25) is 10.0 Å². The second kappa shape index (κ2) is 4.93. The normalized spacial score (nSPS) is 11.1. The number of rotatable bonds is 1. The van der Waals surface area contributed by atoms with E-state index in [4.69, 9.17) is 27.9 Å². The Morgan fingerprint density at radius 3 is 2.44 bits per heavy atom. The predicted octanol–water partition coefficient (Wildman–Crippen LogP) is 4.34. The van der Waals surface area contributed by atoms with Crippen molar-refractivity contribution in [3.63, 3.8) is 0 Å². The van der Waals surface area contributed by atoms with Gasteiger partial charge in [0.25, 0.3) is 0 Å². The average molecular weight is 262 g/mol. The summed E-state index contributed by atoms with van der Waals surface area (Å²) in [6.45, 7) is 5.36. The molecule has 0 aliphatic rings. The Balaban J connectivity index is 2.70. The maximum Gasteiger partial charge on any atom is 0.412 e. The summed E-state index contributed by atoms with van der Waals surface area (Å²) >= 11 is 11.6. The van der Waals surface area contributed by atoms with E-state index in [0.717, 1.165) is 0 Å². The van der Waals surface area contributed by atoms with Gasteiger partial charge in [0.2, 0.25) is 0 Å². The van der Waals surface area contributed by atoms with Crippen LogP contribution < -0.4 is 5.32 Å². The molecule has 0 aromatic heterocycles. The van der Waals surface area contributed by atoms with Crippen molar-refractivity contribution in [2.24, 2.45) is 0 Å². The van der Waals surface area contributed by atoms with Gasteiger partial charge < -0.3 is 4.74 Å². The monoisotopic (exact) mass is 261 g/mol. The lowest BCUT2D eigenvalue weighted by molar-refractivity contribution is 0.0636. The zero-order valence-electron chi connectivity index (χ0n) is 9.30. The van der Waals surface area contributed by atoms with E-state index in [2.05, 4.69) is 5.32 Å². The molecule has 3 nitrogen and oxygen atoms in total. The highest BCUT2D eigenvalue weighted by Crippen LogP contribution is 2.25. The maximum absolute atomic E-state index is 11.4. The van der Waals surface area contributed by atoms with Gasteiger partial charge in [-0.05, 0) is 39.0 Å². The zero-order valence-corrected chi connectivity index (χ0v) is 10.8. The van der Waals surface area contributed by atoms with E-state index in [1.54, 1.807) is 39.0 Å². The number of carbonyl (C=O) groups is 1. The Bertz CT molecular complexity index is 399. The van der Waals surface area contributed by atoms with Crippen molar-refractivity contribution in [3.8, 4) is 0 Å². The van der Waals surface area contributed by atoms with E-state index in [1.807, 2.05) is 0 Å². The fourth-order valence-corrected chi connectivity index (χ4v) is 1.46. The minimum Gasteiger partial charge on any atom is -0.444 e.